The lowest BCUT2D eigenvalue weighted by Gasteiger charge is -2.09. The molecule has 0 saturated carbocycles. The molecule has 0 bridgehead atoms. The zero-order valence-corrected chi connectivity index (χ0v) is 17.6. The topological polar surface area (TPSA) is 96.8 Å². The van der Waals surface area contributed by atoms with Gasteiger partial charge in [-0.05, 0) is 53.1 Å². The van der Waals surface area contributed by atoms with Crippen molar-refractivity contribution in [1.29, 1.82) is 0 Å². The van der Waals surface area contributed by atoms with Gasteiger partial charge in [0.25, 0.3) is 0 Å². The van der Waals surface area contributed by atoms with Crippen LogP contribution in [-0.4, -0.2) is 26.8 Å². The van der Waals surface area contributed by atoms with Crippen molar-refractivity contribution in [2.24, 2.45) is 0 Å². The molecule has 0 unspecified atom stereocenters. The van der Waals surface area contributed by atoms with Crippen molar-refractivity contribution in [2.45, 2.75) is 6.42 Å². The number of carbonyl (C=O) groups is 1. The molecule has 0 saturated heterocycles. The highest BCUT2D eigenvalue weighted by Gasteiger charge is 2.06. The van der Waals surface area contributed by atoms with E-state index in [0.717, 1.165) is 28.0 Å². The first-order valence-corrected chi connectivity index (χ1v) is 9.81. The molecule has 6 heteroatoms. The van der Waals surface area contributed by atoms with Gasteiger partial charge in [-0.3, -0.25) is 0 Å². The fraction of sp³-hybridized carbons (Fsp3) is 0.160. The predicted molar refractivity (Wildman–Crippen MR) is 124 cm³/mol. The minimum atomic E-state index is -0.435. The van der Waals surface area contributed by atoms with E-state index in [0.29, 0.717) is 23.5 Å². The Hall–Kier alpha value is -3.93. The summed E-state index contributed by atoms with van der Waals surface area (Å²) in [5.74, 6) is 1.02. The molecule has 160 valence electrons. The van der Waals surface area contributed by atoms with Crippen LogP contribution in [0.15, 0.2) is 66.7 Å². The fourth-order valence-corrected chi connectivity index (χ4v) is 3.12. The van der Waals surface area contributed by atoms with Crippen LogP contribution in [0.2, 0.25) is 0 Å². The second-order valence-electron chi connectivity index (χ2n) is 6.89. The van der Waals surface area contributed by atoms with E-state index < -0.39 is 5.97 Å². The number of benzene rings is 3. The van der Waals surface area contributed by atoms with Gasteiger partial charge in [-0.25, -0.2) is 4.79 Å². The molecule has 0 spiro atoms. The third kappa shape index (κ3) is 5.79. The molecule has 3 rings (SSSR count). The summed E-state index contributed by atoms with van der Waals surface area (Å²) in [5.41, 5.74) is 16.5. The van der Waals surface area contributed by atoms with Crippen LogP contribution in [0.3, 0.4) is 0 Å². The van der Waals surface area contributed by atoms with Crippen LogP contribution in [0.1, 0.15) is 11.1 Å². The Morgan fingerprint density at radius 2 is 1.65 bits per heavy atom. The first kappa shape index (κ1) is 21.8. The average Bonchev–Trinajstić information content (AvgIpc) is 2.79. The Morgan fingerprint density at radius 1 is 0.903 bits per heavy atom. The number of rotatable bonds is 8. The molecule has 3 aromatic rings. The average molecular weight is 418 g/mol. The zero-order valence-electron chi connectivity index (χ0n) is 17.6. The number of nitrogens with two attached hydrogens (primary N) is 2. The molecule has 0 heterocycles. The van der Waals surface area contributed by atoms with Gasteiger partial charge in [0.05, 0.1) is 20.8 Å². The van der Waals surface area contributed by atoms with Crippen LogP contribution in [0.5, 0.6) is 11.5 Å². The highest BCUT2D eigenvalue weighted by Crippen LogP contribution is 2.29. The largest absolute Gasteiger partial charge is 0.497 e. The van der Waals surface area contributed by atoms with E-state index in [-0.39, 0.29) is 6.61 Å². The molecule has 6 nitrogen and oxygen atoms in total. The summed E-state index contributed by atoms with van der Waals surface area (Å²) in [6.45, 7) is 0.227. The van der Waals surface area contributed by atoms with Gasteiger partial charge in [0, 0.05) is 29.4 Å². The summed E-state index contributed by atoms with van der Waals surface area (Å²) in [6, 6.07) is 18.9. The maximum Gasteiger partial charge on any atom is 0.330 e. The summed E-state index contributed by atoms with van der Waals surface area (Å²) >= 11 is 0. The van der Waals surface area contributed by atoms with E-state index in [1.54, 1.807) is 32.4 Å². The van der Waals surface area contributed by atoms with Gasteiger partial charge in [-0.15, -0.1) is 0 Å². The van der Waals surface area contributed by atoms with E-state index in [9.17, 15) is 4.79 Å². The summed E-state index contributed by atoms with van der Waals surface area (Å²) in [7, 11) is 3.23. The van der Waals surface area contributed by atoms with Crippen molar-refractivity contribution >= 4 is 23.4 Å². The highest BCUT2D eigenvalue weighted by molar-refractivity contribution is 5.88. The van der Waals surface area contributed by atoms with E-state index in [2.05, 4.69) is 0 Å². The van der Waals surface area contributed by atoms with Gasteiger partial charge in [0.2, 0.25) is 0 Å². The summed E-state index contributed by atoms with van der Waals surface area (Å²) in [6.07, 6.45) is 3.58. The third-order valence-corrected chi connectivity index (χ3v) is 4.84. The number of hydrogen-bond donors (Lipinski definition) is 2. The maximum atomic E-state index is 12.1. The SMILES string of the molecule is COc1ccc(-c2ccc(/C=C/C(=O)OCCc3ccc(N)cc3N)c(OC)c2)cc1. The predicted octanol–water partition coefficient (Wildman–Crippen LogP) is 4.33. The van der Waals surface area contributed by atoms with Crippen LogP contribution in [-0.2, 0) is 16.0 Å². The lowest BCUT2D eigenvalue weighted by atomic mass is 10.0. The second kappa shape index (κ2) is 10.2. The Bertz CT molecular complexity index is 1080. The summed E-state index contributed by atoms with van der Waals surface area (Å²) < 4.78 is 16.0. The quantitative estimate of drug-likeness (QED) is 0.321. The molecular formula is C25H26N2O4. The number of ether oxygens (including phenoxy) is 3. The van der Waals surface area contributed by atoms with Gasteiger partial charge < -0.3 is 25.7 Å². The van der Waals surface area contributed by atoms with Crippen molar-refractivity contribution in [2.75, 3.05) is 32.3 Å². The Balaban J connectivity index is 1.61. The van der Waals surface area contributed by atoms with E-state index in [4.69, 9.17) is 25.7 Å². The van der Waals surface area contributed by atoms with Gasteiger partial charge >= 0.3 is 5.97 Å². The number of nitrogen functional groups attached to an aromatic ring is 2. The van der Waals surface area contributed by atoms with Crippen molar-refractivity contribution in [3.8, 4) is 22.6 Å². The van der Waals surface area contributed by atoms with Gasteiger partial charge in [0.15, 0.2) is 0 Å². The molecule has 0 aliphatic heterocycles. The van der Waals surface area contributed by atoms with Gasteiger partial charge in [0.1, 0.15) is 11.5 Å². The summed E-state index contributed by atoms with van der Waals surface area (Å²) in [4.78, 5) is 12.1. The van der Waals surface area contributed by atoms with Gasteiger partial charge in [-0.2, -0.15) is 0 Å². The first-order valence-electron chi connectivity index (χ1n) is 9.81. The number of carbonyl (C=O) groups excluding carboxylic acids is 1. The van der Waals surface area contributed by atoms with Crippen molar-refractivity contribution in [3.05, 3.63) is 77.9 Å². The number of hydrogen-bond acceptors (Lipinski definition) is 6. The second-order valence-corrected chi connectivity index (χ2v) is 6.89. The molecule has 0 aliphatic rings. The number of esters is 1. The van der Waals surface area contributed by atoms with Crippen LogP contribution in [0, 0.1) is 0 Å². The normalized spacial score (nSPS) is 10.8. The maximum absolute atomic E-state index is 12.1. The molecule has 4 N–H and O–H groups in total. The number of methoxy groups -OCH3 is 2. The van der Waals surface area contributed by atoms with Crippen LogP contribution < -0.4 is 20.9 Å². The van der Waals surface area contributed by atoms with Crippen molar-refractivity contribution < 1.29 is 19.0 Å². The highest BCUT2D eigenvalue weighted by atomic mass is 16.5. The lowest BCUT2D eigenvalue weighted by molar-refractivity contribution is -0.137. The van der Waals surface area contributed by atoms with E-state index in [1.165, 1.54) is 6.08 Å². The monoisotopic (exact) mass is 418 g/mol. The number of anilines is 2. The molecule has 0 aromatic heterocycles. The van der Waals surface area contributed by atoms with Crippen LogP contribution in [0.25, 0.3) is 17.2 Å². The smallest absolute Gasteiger partial charge is 0.330 e. The summed E-state index contributed by atoms with van der Waals surface area (Å²) in [5, 5.41) is 0. The van der Waals surface area contributed by atoms with E-state index in [1.807, 2.05) is 48.5 Å². The molecule has 0 fully saturated rings. The molecular weight excluding hydrogens is 392 g/mol. The van der Waals surface area contributed by atoms with Crippen LogP contribution >= 0.6 is 0 Å². The minimum absolute atomic E-state index is 0.227. The van der Waals surface area contributed by atoms with Gasteiger partial charge in [-0.1, -0.05) is 30.3 Å². The third-order valence-electron chi connectivity index (χ3n) is 4.84. The van der Waals surface area contributed by atoms with Crippen LogP contribution in [0.4, 0.5) is 11.4 Å². The molecule has 3 aromatic carbocycles. The Morgan fingerprint density at radius 3 is 2.32 bits per heavy atom. The van der Waals surface area contributed by atoms with Crippen molar-refractivity contribution in [1.82, 2.24) is 0 Å². The fourth-order valence-electron chi connectivity index (χ4n) is 3.12. The minimum Gasteiger partial charge on any atom is -0.497 e. The first-order chi connectivity index (χ1) is 15.0. The zero-order chi connectivity index (χ0) is 22.2. The Labute approximate surface area is 182 Å². The molecule has 31 heavy (non-hydrogen) atoms. The van der Waals surface area contributed by atoms with E-state index >= 15 is 0 Å². The lowest BCUT2D eigenvalue weighted by Crippen LogP contribution is -2.06. The standard InChI is InChI=1S/C25H26N2O4/c1-29-22-10-6-17(7-11-22)20-4-3-19(24(15-20)30-2)8-12-25(28)31-14-13-18-5-9-21(26)16-23(18)27/h3-12,15-16H,13-14,26-27H2,1-2H3/b12-8+. The molecule has 0 atom stereocenters. The molecule has 0 aliphatic carbocycles. The van der Waals surface area contributed by atoms with Crippen molar-refractivity contribution in [3.63, 3.8) is 0 Å². The molecule has 0 amide bonds. The molecule has 0 radical (unpaired) electrons. The Kier molecular flexibility index (Phi) is 7.17.